The first-order chi connectivity index (χ1) is 6.34. The Balaban J connectivity index is 1.99. The normalized spacial score (nSPS) is 20.8. The molecule has 1 atom stereocenters. The van der Waals surface area contributed by atoms with Crippen LogP contribution in [-0.4, -0.2) is 24.4 Å². The predicted octanol–water partition coefficient (Wildman–Crippen LogP) is 2.35. The van der Waals surface area contributed by atoms with Gasteiger partial charge in [-0.05, 0) is 38.5 Å². The molecule has 1 rings (SSSR count). The molecule has 0 aromatic heterocycles. The van der Waals surface area contributed by atoms with Crippen LogP contribution in [0.3, 0.4) is 0 Å². The van der Waals surface area contributed by atoms with Crippen LogP contribution in [-0.2, 0) is 4.74 Å². The zero-order valence-electron chi connectivity index (χ0n) is 8.67. The van der Waals surface area contributed by atoms with Crippen molar-refractivity contribution in [1.29, 1.82) is 0 Å². The number of aliphatic hydroxyl groups excluding tert-OH is 1. The largest absolute Gasteiger partial charge is 0.393 e. The topological polar surface area (TPSA) is 29.5 Å². The fourth-order valence-electron chi connectivity index (χ4n) is 2.12. The molecule has 0 amide bonds. The SMILES string of the molecule is CCOCCCC(O)C1CCCC1. The lowest BCUT2D eigenvalue weighted by molar-refractivity contribution is 0.0801. The first kappa shape index (κ1) is 11.0. The summed E-state index contributed by atoms with van der Waals surface area (Å²) >= 11 is 0. The average Bonchev–Trinajstić information content (AvgIpc) is 2.65. The molecular weight excluding hydrogens is 164 g/mol. The van der Waals surface area contributed by atoms with Crippen molar-refractivity contribution in [2.24, 2.45) is 5.92 Å². The van der Waals surface area contributed by atoms with Crippen molar-refractivity contribution in [2.45, 2.75) is 51.6 Å². The third kappa shape index (κ3) is 4.10. The minimum Gasteiger partial charge on any atom is -0.393 e. The van der Waals surface area contributed by atoms with Gasteiger partial charge in [-0.1, -0.05) is 12.8 Å². The van der Waals surface area contributed by atoms with E-state index < -0.39 is 0 Å². The molecule has 1 aliphatic carbocycles. The van der Waals surface area contributed by atoms with Crippen LogP contribution in [0.25, 0.3) is 0 Å². The van der Waals surface area contributed by atoms with E-state index in [1.165, 1.54) is 25.7 Å². The van der Waals surface area contributed by atoms with Gasteiger partial charge < -0.3 is 9.84 Å². The van der Waals surface area contributed by atoms with E-state index in [0.29, 0.717) is 5.92 Å². The summed E-state index contributed by atoms with van der Waals surface area (Å²) in [5, 5.41) is 9.79. The van der Waals surface area contributed by atoms with Crippen LogP contribution in [0.2, 0.25) is 0 Å². The Morgan fingerprint density at radius 1 is 1.38 bits per heavy atom. The van der Waals surface area contributed by atoms with Crippen LogP contribution >= 0.6 is 0 Å². The molecule has 0 heterocycles. The Labute approximate surface area is 81.3 Å². The lowest BCUT2D eigenvalue weighted by atomic mass is 9.97. The molecular formula is C11H22O2. The maximum absolute atomic E-state index is 9.79. The molecule has 0 aliphatic heterocycles. The van der Waals surface area contributed by atoms with E-state index in [-0.39, 0.29) is 6.10 Å². The molecule has 0 aromatic carbocycles. The van der Waals surface area contributed by atoms with Crippen molar-refractivity contribution in [2.75, 3.05) is 13.2 Å². The maximum atomic E-state index is 9.79. The number of hydrogen-bond acceptors (Lipinski definition) is 2. The standard InChI is InChI=1S/C11H22O2/c1-2-13-9-5-8-11(12)10-6-3-4-7-10/h10-12H,2-9H2,1H3. The van der Waals surface area contributed by atoms with Crippen LogP contribution in [0.1, 0.15) is 45.4 Å². The first-order valence-corrected chi connectivity index (χ1v) is 5.60. The summed E-state index contributed by atoms with van der Waals surface area (Å²) in [6, 6.07) is 0. The van der Waals surface area contributed by atoms with Gasteiger partial charge in [0.05, 0.1) is 6.10 Å². The minimum absolute atomic E-state index is 0.0667. The van der Waals surface area contributed by atoms with Crippen molar-refractivity contribution in [3.8, 4) is 0 Å². The number of hydrogen-bond donors (Lipinski definition) is 1. The Bertz CT molecular complexity index is 119. The first-order valence-electron chi connectivity index (χ1n) is 5.60. The molecule has 2 heteroatoms. The van der Waals surface area contributed by atoms with Crippen LogP contribution in [0, 0.1) is 5.92 Å². The highest BCUT2D eigenvalue weighted by Gasteiger charge is 2.22. The fraction of sp³-hybridized carbons (Fsp3) is 1.00. The highest BCUT2D eigenvalue weighted by Crippen LogP contribution is 2.29. The Kier molecular flexibility index (Phi) is 5.40. The molecule has 1 fully saturated rings. The molecule has 13 heavy (non-hydrogen) atoms. The van der Waals surface area contributed by atoms with Crippen molar-refractivity contribution < 1.29 is 9.84 Å². The zero-order valence-corrected chi connectivity index (χ0v) is 8.67. The molecule has 78 valence electrons. The van der Waals surface area contributed by atoms with Gasteiger partial charge in [0, 0.05) is 13.2 Å². The highest BCUT2D eigenvalue weighted by atomic mass is 16.5. The van der Waals surface area contributed by atoms with Crippen molar-refractivity contribution in [1.82, 2.24) is 0 Å². The zero-order chi connectivity index (χ0) is 9.52. The highest BCUT2D eigenvalue weighted by molar-refractivity contribution is 4.74. The molecule has 2 nitrogen and oxygen atoms in total. The van der Waals surface area contributed by atoms with Gasteiger partial charge >= 0.3 is 0 Å². The lowest BCUT2D eigenvalue weighted by Gasteiger charge is -2.17. The van der Waals surface area contributed by atoms with Crippen LogP contribution in [0.15, 0.2) is 0 Å². The van der Waals surface area contributed by atoms with E-state index in [4.69, 9.17) is 4.74 Å². The lowest BCUT2D eigenvalue weighted by Crippen LogP contribution is -2.18. The van der Waals surface area contributed by atoms with E-state index in [0.717, 1.165) is 26.1 Å². The van der Waals surface area contributed by atoms with E-state index in [9.17, 15) is 5.11 Å². The van der Waals surface area contributed by atoms with Gasteiger partial charge in [0.15, 0.2) is 0 Å². The third-order valence-corrected chi connectivity index (χ3v) is 2.94. The predicted molar refractivity (Wildman–Crippen MR) is 53.7 cm³/mol. The van der Waals surface area contributed by atoms with Gasteiger partial charge in [0.1, 0.15) is 0 Å². The van der Waals surface area contributed by atoms with Crippen LogP contribution in [0.4, 0.5) is 0 Å². The second-order valence-corrected chi connectivity index (χ2v) is 3.95. The third-order valence-electron chi connectivity index (χ3n) is 2.94. The second kappa shape index (κ2) is 6.39. The van der Waals surface area contributed by atoms with Gasteiger partial charge in [-0.2, -0.15) is 0 Å². The van der Waals surface area contributed by atoms with E-state index in [1.807, 2.05) is 6.92 Å². The summed E-state index contributed by atoms with van der Waals surface area (Å²) in [5.74, 6) is 0.585. The van der Waals surface area contributed by atoms with E-state index in [1.54, 1.807) is 0 Å². The smallest absolute Gasteiger partial charge is 0.0569 e. The van der Waals surface area contributed by atoms with Gasteiger partial charge in [0.25, 0.3) is 0 Å². The van der Waals surface area contributed by atoms with Gasteiger partial charge in [0.2, 0.25) is 0 Å². The summed E-state index contributed by atoms with van der Waals surface area (Å²) in [6.45, 7) is 3.60. The number of aliphatic hydroxyl groups is 1. The van der Waals surface area contributed by atoms with Crippen molar-refractivity contribution in [3.05, 3.63) is 0 Å². The summed E-state index contributed by atoms with van der Waals surface area (Å²) in [4.78, 5) is 0. The molecule has 1 unspecified atom stereocenters. The molecule has 0 bridgehead atoms. The van der Waals surface area contributed by atoms with E-state index in [2.05, 4.69) is 0 Å². The summed E-state index contributed by atoms with van der Waals surface area (Å²) in [5.41, 5.74) is 0. The van der Waals surface area contributed by atoms with E-state index >= 15 is 0 Å². The maximum Gasteiger partial charge on any atom is 0.0569 e. The monoisotopic (exact) mass is 186 g/mol. The van der Waals surface area contributed by atoms with Gasteiger partial charge in [-0.3, -0.25) is 0 Å². The fourth-order valence-corrected chi connectivity index (χ4v) is 2.12. The minimum atomic E-state index is -0.0667. The molecule has 0 aromatic rings. The summed E-state index contributed by atoms with van der Waals surface area (Å²) in [6.07, 6.45) is 6.95. The van der Waals surface area contributed by atoms with Crippen LogP contribution < -0.4 is 0 Å². The van der Waals surface area contributed by atoms with Crippen molar-refractivity contribution in [3.63, 3.8) is 0 Å². The Hall–Kier alpha value is -0.0800. The van der Waals surface area contributed by atoms with Crippen LogP contribution in [0.5, 0.6) is 0 Å². The molecule has 0 radical (unpaired) electrons. The second-order valence-electron chi connectivity index (χ2n) is 3.95. The number of ether oxygens (including phenoxy) is 1. The summed E-state index contributed by atoms with van der Waals surface area (Å²) < 4.78 is 5.24. The molecule has 0 saturated heterocycles. The molecule has 1 N–H and O–H groups in total. The average molecular weight is 186 g/mol. The molecule has 0 spiro atoms. The molecule has 1 aliphatic rings. The van der Waals surface area contributed by atoms with Gasteiger partial charge in [-0.15, -0.1) is 0 Å². The Morgan fingerprint density at radius 2 is 2.08 bits per heavy atom. The van der Waals surface area contributed by atoms with Crippen molar-refractivity contribution >= 4 is 0 Å². The van der Waals surface area contributed by atoms with Gasteiger partial charge in [-0.25, -0.2) is 0 Å². The quantitative estimate of drug-likeness (QED) is 0.645. The summed E-state index contributed by atoms with van der Waals surface area (Å²) in [7, 11) is 0. The Morgan fingerprint density at radius 3 is 2.69 bits per heavy atom. The molecule has 1 saturated carbocycles. The number of rotatable bonds is 6.